The highest BCUT2D eigenvalue weighted by molar-refractivity contribution is 6.20. The van der Waals surface area contributed by atoms with E-state index in [9.17, 15) is 0 Å². The summed E-state index contributed by atoms with van der Waals surface area (Å²) in [4.78, 5) is 2.39. The van der Waals surface area contributed by atoms with Gasteiger partial charge in [0, 0.05) is 50.1 Å². The predicted octanol–water partition coefficient (Wildman–Crippen LogP) is 13.2. The molecule has 0 amide bonds. The number of para-hydroxylation sites is 3. The maximum atomic E-state index is 6.78. The predicted molar refractivity (Wildman–Crippen MR) is 207 cm³/mol. The van der Waals surface area contributed by atoms with Crippen molar-refractivity contribution >= 4 is 66.0 Å². The molecule has 50 heavy (non-hydrogen) atoms. The first-order valence-electron chi connectivity index (χ1n) is 17.4. The van der Waals surface area contributed by atoms with Crippen molar-refractivity contribution in [1.82, 2.24) is 0 Å². The fraction of sp³-hybridized carbons (Fsp3) is 0.0638. The van der Waals surface area contributed by atoms with Gasteiger partial charge in [0.25, 0.3) is 0 Å². The van der Waals surface area contributed by atoms with Crippen molar-refractivity contribution in [1.29, 1.82) is 0 Å². The summed E-state index contributed by atoms with van der Waals surface area (Å²) in [6.07, 6.45) is 8.66. The quantitative estimate of drug-likeness (QED) is 0.169. The topological polar surface area (TPSA) is 29.5 Å². The van der Waals surface area contributed by atoms with Crippen LogP contribution in [0.15, 0.2) is 184 Å². The minimum absolute atomic E-state index is 0.0848. The van der Waals surface area contributed by atoms with E-state index in [1.807, 2.05) is 6.07 Å². The van der Waals surface area contributed by atoms with Crippen LogP contribution >= 0.6 is 0 Å². The highest BCUT2D eigenvalue weighted by atomic mass is 16.3. The first-order valence-corrected chi connectivity index (χ1v) is 17.4. The van der Waals surface area contributed by atoms with Crippen molar-refractivity contribution < 1.29 is 8.83 Å². The molecule has 10 rings (SSSR count). The molecular weight excluding hydrogens is 611 g/mol. The zero-order valence-electron chi connectivity index (χ0n) is 27.4. The normalized spacial score (nSPS) is 13.8. The summed E-state index contributed by atoms with van der Waals surface area (Å²) in [5.41, 5.74) is 10.7. The minimum Gasteiger partial charge on any atom is -0.456 e. The van der Waals surface area contributed by atoms with Gasteiger partial charge in [0.1, 0.15) is 22.3 Å². The van der Waals surface area contributed by atoms with Crippen molar-refractivity contribution in [2.75, 3.05) is 4.90 Å². The number of hydrogen-bond donors (Lipinski definition) is 0. The number of fused-ring (bicyclic) bond motifs is 8. The van der Waals surface area contributed by atoms with Crippen LogP contribution in [0.3, 0.4) is 0 Å². The van der Waals surface area contributed by atoms with E-state index in [1.165, 1.54) is 27.6 Å². The van der Waals surface area contributed by atoms with E-state index in [2.05, 4.69) is 169 Å². The molecule has 3 nitrogen and oxygen atoms in total. The molecule has 0 saturated carbocycles. The number of furan rings is 2. The monoisotopic (exact) mass is 643 g/mol. The minimum atomic E-state index is -0.0848. The fourth-order valence-electron chi connectivity index (χ4n) is 8.04. The number of benzene rings is 7. The first-order chi connectivity index (χ1) is 24.8. The van der Waals surface area contributed by atoms with Crippen LogP contribution in [0.25, 0.3) is 54.6 Å². The van der Waals surface area contributed by atoms with Crippen LogP contribution < -0.4 is 4.90 Å². The van der Waals surface area contributed by atoms with E-state index in [4.69, 9.17) is 8.83 Å². The van der Waals surface area contributed by atoms with E-state index in [0.717, 1.165) is 73.7 Å². The Labute approximate surface area is 290 Å². The summed E-state index contributed by atoms with van der Waals surface area (Å²) in [7, 11) is 0. The second-order valence-corrected chi connectivity index (χ2v) is 13.1. The Morgan fingerprint density at radius 3 is 2.04 bits per heavy atom. The molecular formula is C47H33NO2. The van der Waals surface area contributed by atoms with Gasteiger partial charge in [0.05, 0.1) is 0 Å². The molecule has 1 aliphatic rings. The molecule has 7 aromatic carbocycles. The lowest BCUT2D eigenvalue weighted by Crippen LogP contribution is -2.17. The van der Waals surface area contributed by atoms with Gasteiger partial charge < -0.3 is 13.7 Å². The molecule has 0 radical (unpaired) electrons. The number of nitrogens with zero attached hydrogens (tertiary/aromatic N) is 1. The Morgan fingerprint density at radius 2 is 1.22 bits per heavy atom. The summed E-state index contributed by atoms with van der Waals surface area (Å²) in [6.45, 7) is 0. The number of anilines is 2. The van der Waals surface area contributed by atoms with Gasteiger partial charge in [-0.15, -0.1) is 0 Å². The molecule has 1 atom stereocenters. The molecule has 9 aromatic rings. The first kappa shape index (κ1) is 28.7. The van der Waals surface area contributed by atoms with Gasteiger partial charge in [-0.25, -0.2) is 0 Å². The standard InChI is InChI=1S/C47H33NO2/c1-4-15-31(16-5-1)45(39-25-14-24-38-36-22-12-13-26-42(36)50-47(38)39)40-30-44-46(37-23-11-10-21-35(37)40)41-29-34(27-28-43(41)49-44)48(32-17-6-2-7-18-32)33-19-8-3-9-20-33/h1-8,10-19,21-30,45H,9,20H2. The van der Waals surface area contributed by atoms with Crippen LogP contribution in [0.1, 0.15) is 35.4 Å². The maximum Gasteiger partial charge on any atom is 0.139 e. The molecule has 2 aromatic heterocycles. The molecule has 0 N–H and O–H groups in total. The molecule has 1 aliphatic carbocycles. The largest absolute Gasteiger partial charge is 0.456 e. The van der Waals surface area contributed by atoms with Gasteiger partial charge in [-0.1, -0.05) is 121 Å². The van der Waals surface area contributed by atoms with Crippen molar-refractivity contribution in [3.05, 3.63) is 192 Å². The van der Waals surface area contributed by atoms with Crippen molar-refractivity contribution in [2.24, 2.45) is 0 Å². The van der Waals surface area contributed by atoms with Gasteiger partial charge in [-0.05, 0) is 83.3 Å². The smallest absolute Gasteiger partial charge is 0.139 e. The van der Waals surface area contributed by atoms with Crippen LogP contribution in [0.2, 0.25) is 0 Å². The number of allylic oxidation sites excluding steroid dienone is 4. The lowest BCUT2D eigenvalue weighted by Gasteiger charge is -2.28. The van der Waals surface area contributed by atoms with Crippen molar-refractivity contribution in [3.8, 4) is 0 Å². The van der Waals surface area contributed by atoms with Crippen LogP contribution in [0, 0.1) is 0 Å². The number of rotatable bonds is 6. The summed E-state index contributed by atoms with van der Waals surface area (Å²) >= 11 is 0. The second kappa shape index (κ2) is 11.7. The summed E-state index contributed by atoms with van der Waals surface area (Å²) < 4.78 is 13.4. The molecule has 0 bridgehead atoms. The Hall–Kier alpha value is -6.32. The molecule has 238 valence electrons. The van der Waals surface area contributed by atoms with Gasteiger partial charge in [0.2, 0.25) is 0 Å². The molecule has 0 spiro atoms. The van der Waals surface area contributed by atoms with E-state index in [0.29, 0.717) is 0 Å². The fourth-order valence-corrected chi connectivity index (χ4v) is 8.04. The SMILES string of the molecule is C1=CCCC(N(c2ccccc2)c2ccc3oc4cc(C(c5ccccc5)c5cccc6c5oc5ccccc56)c5ccccc5c4c3c2)=C1. The van der Waals surface area contributed by atoms with E-state index in [-0.39, 0.29) is 5.92 Å². The lowest BCUT2D eigenvalue weighted by molar-refractivity contribution is 0.660. The third kappa shape index (κ3) is 4.58. The average molecular weight is 644 g/mol. The van der Waals surface area contributed by atoms with Gasteiger partial charge in [-0.3, -0.25) is 0 Å². The highest BCUT2D eigenvalue weighted by Crippen LogP contribution is 2.46. The van der Waals surface area contributed by atoms with E-state index < -0.39 is 0 Å². The third-order valence-corrected chi connectivity index (χ3v) is 10.2. The molecule has 0 saturated heterocycles. The van der Waals surface area contributed by atoms with E-state index >= 15 is 0 Å². The lowest BCUT2D eigenvalue weighted by atomic mass is 9.81. The molecule has 0 fully saturated rings. The van der Waals surface area contributed by atoms with Crippen LogP contribution in [0.4, 0.5) is 11.4 Å². The summed E-state index contributed by atoms with van der Waals surface area (Å²) in [5.74, 6) is -0.0848. The van der Waals surface area contributed by atoms with Gasteiger partial charge in [-0.2, -0.15) is 0 Å². The van der Waals surface area contributed by atoms with Crippen LogP contribution in [-0.4, -0.2) is 0 Å². The molecule has 2 heterocycles. The molecule has 1 unspecified atom stereocenters. The zero-order chi connectivity index (χ0) is 33.0. The maximum absolute atomic E-state index is 6.78. The van der Waals surface area contributed by atoms with Crippen LogP contribution in [0.5, 0.6) is 0 Å². The zero-order valence-corrected chi connectivity index (χ0v) is 27.4. The summed E-state index contributed by atoms with van der Waals surface area (Å²) in [5, 5.41) is 6.90. The average Bonchev–Trinajstić information content (AvgIpc) is 3.75. The van der Waals surface area contributed by atoms with Gasteiger partial charge in [0.15, 0.2) is 0 Å². The van der Waals surface area contributed by atoms with Gasteiger partial charge >= 0.3 is 0 Å². The highest BCUT2D eigenvalue weighted by Gasteiger charge is 2.26. The molecule has 0 aliphatic heterocycles. The van der Waals surface area contributed by atoms with Crippen molar-refractivity contribution in [2.45, 2.75) is 18.8 Å². The Morgan fingerprint density at radius 1 is 0.500 bits per heavy atom. The second-order valence-electron chi connectivity index (χ2n) is 13.1. The number of hydrogen-bond acceptors (Lipinski definition) is 3. The Balaban J connectivity index is 1.23. The Kier molecular flexibility index (Phi) is 6.70. The Bertz CT molecular complexity index is 2770. The van der Waals surface area contributed by atoms with E-state index in [1.54, 1.807) is 0 Å². The summed E-state index contributed by atoms with van der Waals surface area (Å²) in [6, 6.07) is 54.0. The third-order valence-electron chi connectivity index (χ3n) is 10.2. The molecule has 3 heteroatoms. The van der Waals surface area contributed by atoms with Crippen LogP contribution in [-0.2, 0) is 0 Å². The van der Waals surface area contributed by atoms with Crippen molar-refractivity contribution in [3.63, 3.8) is 0 Å².